The van der Waals surface area contributed by atoms with Crippen LogP contribution in [0.5, 0.6) is 0 Å². The standard InChI is InChI=1S/C28H30F3N5O2.2H2/c1-36(2)14-6-13-32-21-15-20(28(29,30)31)16-22(17-21)33-26-24-8-5-4-7-23(24)25(34-35-26)18-9-11-19(12-10-18)27(37)38-3;;/h4-5,7-12,15-17,32-35H,6,13-14H2,1-3H3;2*1H. The number of halogens is 3. The molecule has 3 aromatic rings. The molecule has 1 aliphatic heterocycles. The molecule has 0 spiro atoms. The molecule has 7 nitrogen and oxygen atoms in total. The second-order valence-corrected chi connectivity index (χ2v) is 9.12. The summed E-state index contributed by atoms with van der Waals surface area (Å²) >= 11 is 0. The lowest BCUT2D eigenvalue weighted by molar-refractivity contribution is -0.137. The summed E-state index contributed by atoms with van der Waals surface area (Å²) in [7, 11) is 5.23. The lowest BCUT2D eigenvalue weighted by Crippen LogP contribution is -2.49. The van der Waals surface area contributed by atoms with Crippen LogP contribution in [0.15, 0.2) is 66.7 Å². The van der Waals surface area contributed by atoms with E-state index in [1.54, 1.807) is 30.3 Å². The Morgan fingerprint density at radius 3 is 2.32 bits per heavy atom. The van der Waals surface area contributed by atoms with Crippen LogP contribution in [-0.2, 0) is 10.9 Å². The Labute approximate surface area is 221 Å². The Morgan fingerprint density at radius 1 is 0.974 bits per heavy atom. The van der Waals surface area contributed by atoms with Crippen molar-refractivity contribution >= 4 is 28.9 Å². The lowest BCUT2D eigenvalue weighted by Gasteiger charge is -2.23. The van der Waals surface area contributed by atoms with Crippen LogP contribution in [0.2, 0.25) is 0 Å². The molecule has 10 heteroatoms. The number of benzene rings is 3. The maximum absolute atomic E-state index is 13.7. The van der Waals surface area contributed by atoms with Crippen molar-refractivity contribution in [1.82, 2.24) is 15.8 Å². The first kappa shape index (κ1) is 26.9. The van der Waals surface area contributed by atoms with Crippen LogP contribution in [0.25, 0.3) is 11.5 Å². The fourth-order valence-electron chi connectivity index (χ4n) is 4.13. The van der Waals surface area contributed by atoms with Gasteiger partial charge in [0, 0.05) is 36.8 Å². The lowest BCUT2D eigenvalue weighted by atomic mass is 10.0. The number of esters is 1. The van der Waals surface area contributed by atoms with Crippen LogP contribution in [0, 0.1) is 0 Å². The van der Waals surface area contributed by atoms with E-state index in [1.165, 1.54) is 7.11 Å². The second kappa shape index (κ2) is 11.5. The minimum Gasteiger partial charge on any atom is -0.465 e. The molecule has 0 aliphatic carbocycles. The number of rotatable bonds is 9. The van der Waals surface area contributed by atoms with Crippen LogP contribution < -0.4 is 31.9 Å². The van der Waals surface area contributed by atoms with Gasteiger partial charge in [-0.15, -0.1) is 0 Å². The largest absolute Gasteiger partial charge is 0.465 e. The van der Waals surface area contributed by atoms with Crippen molar-refractivity contribution in [2.75, 3.05) is 44.9 Å². The van der Waals surface area contributed by atoms with Crippen LogP contribution in [0.4, 0.5) is 24.5 Å². The first-order valence-corrected chi connectivity index (χ1v) is 12.1. The number of anilines is 2. The van der Waals surface area contributed by atoms with E-state index in [2.05, 4.69) is 21.5 Å². The van der Waals surface area contributed by atoms with Crippen LogP contribution in [0.1, 0.15) is 30.8 Å². The van der Waals surface area contributed by atoms with Crippen LogP contribution >= 0.6 is 0 Å². The van der Waals surface area contributed by atoms with Gasteiger partial charge in [-0.3, -0.25) is 10.9 Å². The summed E-state index contributed by atoms with van der Waals surface area (Å²) in [5.41, 5.74) is 8.17. The Bertz CT molecular complexity index is 1430. The topological polar surface area (TPSA) is 77.7 Å². The van der Waals surface area contributed by atoms with E-state index in [0.29, 0.717) is 29.3 Å². The predicted molar refractivity (Wildman–Crippen MR) is 147 cm³/mol. The maximum atomic E-state index is 13.7. The van der Waals surface area contributed by atoms with E-state index < -0.39 is 17.7 Å². The van der Waals surface area contributed by atoms with E-state index in [0.717, 1.165) is 46.8 Å². The Morgan fingerprint density at radius 2 is 1.66 bits per heavy atom. The summed E-state index contributed by atoms with van der Waals surface area (Å²) in [6.07, 6.45) is -3.70. The van der Waals surface area contributed by atoms with Gasteiger partial charge < -0.3 is 20.3 Å². The Balaban J connectivity index is 0.00000280. The molecule has 4 N–H and O–H groups in total. The third-order valence-corrected chi connectivity index (χ3v) is 6.01. The minimum absolute atomic E-state index is 0. The van der Waals surface area contributed by atoms with Gasteiger partial charge in [-0.1, -0.05) is 36.4 Å². The Hall–Kier alpha value is -4.18. The monoisotopic (exact) mass is 529 g/mol. The van der Waals surface area contributed by atoms with Gasteiger partial charge in [0.15, 0.2) is 0 Å². The molecule has 0 unspecified atom stereocenters. The van der Waals surface area contributed by atoms with Gasteiger partial charge in [0.05, 0.1) is 23.9 Å². The van der Waals surface area contributed by atoms with Gasteiger partial charge in [-0.25, -0.2) is 4.79 Å². The fourth-order valence-corrected chi connectivity index (χ4v) is 4.13. The number of alkyl halides is 3. The molecule has 0 fully saturated rings. The molecule has 0 radical (unpaired) electrons. The van der Waals surface area contributed by atoms with Gasteiger partial charge >= 0.3 is 12.1 Å². The van der Waals surface area contributed by atoms with Crippen molar-refractivity contribution in [2.24, 2.45) is 0 Å². The van der Waals surface area contributed by atoms with Crippen molar-refractivity contribution < 1.29 is 25.6 Å². The highest BCUT2D eigenvalue weighted by molar-refractivity contribution is 5.89. The number of nitrogens with one attached hydrogen (secondary N) is 4. The SMILES string of the molecule is COC(=O)c1ccc(C2=c3ccccc3=C(Nc3cc(NCCCN(C)C)cc(C(F)(F)F)c3)NN2)cc1.[HH].[HH]. The highest BCUT2D eigenvalue weighted by atomic mass is 19.4. The molecule has 0 amide bonds. The molecular weight excluding hydrogens is 495 g/mol. The van der Waals surface area contributed by atoms with Crippen molar-refractivity contribution in [3.8, 4) is 0 Å². The predicted octanol–water partition coefficient (Wildman–Crippen LogP) is 3.79. The minimum atomic E-state index is -4.49. The molecule has 204 valence electrons. The van der Waals surface area contributed by atoms with Crippen molar-refractivity contribution in [3.63, 3.8) is 0 Å². The molecule has 3 aromatic carbocycles. The molecule has 1 heterocycles. The van der Waals surface area contributed by atoms with E-state index in [1.807, 2.05) is 43.3 Å². The van der Waals surface area contributed by atoms with E-state index in [9.17, 15) is 18.0 Å². The molecular formula is C28H34F3N5O2. The van der Waals surface area contributed by atoms with Gasteiger partial charge in [0.1, 0.15) is 5.82 Å². The summed E-state index contributed by atoms with van der Waals surface area (Å²) in [6.45, 7) is 1.37. The van der Waals surface area contributed by atoms with Crippen molar-refractivity contribution in [1.29, 1.82) is 0 Å². The van der Waals surface area contributed by atoms with Crippen LogP contribution in [0.3, 0.4) is 0 Å². The summed E-state index contributed by atoms with van der Waals surface area (Å²) in [4.78, 5) is 13.8. The second-order valence-electron chi connectivity index (χ2n) is 9.12. The zero-order chi connectivity index (χ0) is 27.3. The molecule has 0 saturated carbocycles. The molecule has 38 heavy (non-hydrogen) atoms. The summed E-state index contributed by atoms with van der Waals surface area (Å²) in [6, 6.07) is 18.3. The van der Waals surface area contributed by atoms with Gasteiger partial charge in [0.25, 0.3) is 0 Å². The Kier molecular flexibility index (Phi) is 8.11. The van der Waals surface area contributed by atoms with Gasteiger partial charge in [-0.05, 0) is 57.4 Å². The molecule has 1 aliphatic rings. The molecule has 0 atom stereocenters. The molecule has 0 aromatic heterocycles. The van der Waals surface area contributed by atoms with E-state index in [-0.39, 0.29) is 2.85 Å². The number of methoxy groups -OCH3 is 1. The smallest absolute Gasteiger partial charge is 0.416 e. The number of carbonyl (C=O) groups excluding carboxylic acids is 1. The van der Waals surface area contributed by atoms with E-state index >= 15 is 0 Å². The summed E-state index contributed by atoms with van der Waals surface area (Å²) in [5.74, 6) is 0.0811. The third kappa shape index (κ3) is 6.38. The third-order valence-electron chi connectivity index (χ3n) is 6.01. The summed E-state index contributed by atoms with van der Waals surface area (Å²) < 4.78 is 45.8. The molecule has 0 bridgehead atoms. The highest BCUT2D eigenvalue weighted by Gasteiger charge is 2.31. The normalized spacial score (nSPS) is 12.9. The number of carbonyl (C=O) groups is 1. The number of hydrazine groups is 1. The van der Waals surface area contributed by atoms with E-state index in [4.69, 9.17) is 4.74 Å². The van der Waals surface area contributed by atoms with Crippen LogP contribution in [-0.4, -0.2) is 45.2 Å². The quantitative estimate of drug-likeness (QED) is 0.248. The first-order valence-electron chi connectivity index (χ1n) is 12.1. The summed E-state index contributed by atoms with van der Waals surface area (Å²) in [5, 5.41) is 7.84. The van der Waals surface area contributed by atoms with Gasteiger partial charge in [0.2, 0.25) is 0 Å². The number of ether oxygens (including phenoxy) is 1. The number of fused-ring (bicyclic) bond motifs is 1. The average molecular weight is 530 g/mol. The highest BCUT2D eigenvalue weighted by Crippen LogP contribution is 2.33. The fraction of sp³-hybridized carbons (Fsp3) is 0.250. The average Bonchev–Trinajstić information content (AvgIpc) is 2.90. The van der Waals surface area contributed by atoms with Crippen molar-refractivity contribution in [3.05, 3.63) is 93.9 Å². The maximum Gasteiger partial charge on any atom is 0.416 e. The van der Waals surface area contributed by atoms with Gasteiger partial charge in [-0.2, -0.15) is 13.2 Å². The number of hydrogen-bond donors (Lipinski definition) is 4. The first-order chi connectivity index (χ1) is 18.2. The zero-order valence-corrected chi connectivity index (χ0v) is 21.4. The molecule has 0 saturated heterocycles. The number of hydrogen-bond acceptors (Lipinski definition) is 7. The molecule has 4 rings (SSSR count). The van der Waals surface area contributed by atoms with Crippen molar-refractivity contribution in [2.45, 2.75) is 12.6 Å². The zero-order valence-electron chi connectivity index (χ0n) is 21.4. The number of nitrogens with zero attached hydrogens (tertiary/aromatic N) is 1.